The van der Waals surface area contributed by atoms with Gasteiger partial charge in [0, 0.05) is 0 Å². The van der Waals surface area contributed by atoms with Gasteiger partial charge in [0.25, 0.3) is 0 Å². The Labute approximate surface area is 178 Å². The molecule has 0 atom stereocenters. The average molecular weight is 408 g/mol. The molecule has 0 saturated heterocycles. The third-order valence-corrected chi connectivity index (χ3v) is 3.62. The summed E-state index contributed by atoms with van der Waals surface area (Å²) in [5.74, 6) is 0.587. The predicted molar refractivity (Wildman–Crippen MR) is 71.6 cm³/mol. The Bertz CT molecular complexity index is 413. The molecule has 1 radical (unpaired) electrons. The molecule has 0 fully saturated rings. The van der Waals surface area contributed by atoms with Gasteiger partial charge >= 0.3 is 76.4 Å². The van der Waals surface area contributed by atoms with Gasteiger partial charge < -0.3 is 4.65 Å². The van der Waals surface area contributed by atoms with E-state index in [1.807, 2.05) is 27.7 Å². The summed E-state index contributed by atoms with van der Waals surface area (Å²) in [6.45, 7) is 7.84. The van der Waals surface area contributed by atoms with Gasteiger partial charge in [0.15, 0.2) is 0 Å². The first-order valence-corrected chi connectivity index (χ1v) is 5.96. The minimum absolute atomic E-state index is 0. The number of halogens is 3. The fourth-order valence-electron chi connectivity index (χ4n) is 0.961. The van der Waals surface area contributed by atoms with Gasteiger partial charge in [-0.3, -0.25) is 5.92 Å². The van der Waals surface area contributed by atoms with Crippen molar-refractivity contribution in [2.45, 2.75) is 33.3 Å². The monoisotopic (exact) mass is 407 g/mol. The van der Waals surface area contributed by atoms with Crippen LogP contribution in [0.25, 0.3) is 0 Å². The van der Waals surface area contributed by atoms with Crippen LogP contribution in [0.2, 0.25) is 10.0 Å². The average Bonchev–Trinajstić information content (AvgIpc) is 2.25. The first kappa shape index (κ1) is 19.8. The predicted octanol–water partition coefficient (Wildman–Crippen LogP) is 0.790. The van der Waals surface area contributed by atoms with Gasteiger partial charge in [0.05, 0.1) is 10.0 Å². The fourth-order valence-corrected chi connectivity index (χ4v) is 1.33. The van der Waals surface area contributed by atoms with Gasteiger partial charge in [-0.05, 0) is 11.5 Å². The summed E-state index contributed by atoms with van der Waals surface area (Å²) < 4.78 is 18.7. The molecule has 93 valence electrons. The molecule has 1 aromatic rings. The van der Waals surface area contributed by atoms with Crippen LogP contribution in [0, 0.1) is 11.7 Å². The van der Waals surface area contributed by atoms with Crippen molar-refractivity contribution in [2.75, 3.05) is 0 Å². The van der Waals surface area contributed by atoms with E-state index in [0.717, 1.165) is 5.92 Å². The Hall–Kier alpha value is 1.81. The molecule has 0 bridgehead atoms. The zero-order chi connectivity index (χ0) is 13.2. The van der Waals surface area contributed by atoms with Crippen molar-refractivity contribution in [3.63, 3.8) is 0 Å². The van der Waals surface area contributed by atoms with Crippen LogP contribution in [0.5, 0.6) is 0 Å². The normalized spacial score (nSPS) is 11.3. The van der Waals surface area contributed by atoms with Gasteiger partial charge in [-0.1, -0.05) is 48.7 Å². The molecule has 0 spiro atoms. The fraction of sp³-hybridized carbons (Fsp3) is 0.417. The molecule has 0 saturated carbocycles. The Morgan fingerprint density at radius 2 is 1.78 bits per heavy atom. The van der Waals surface area contributed by atoms with E-state index in [1.54, 1.807) is 0 Å². The third-order valence-electron chi connectivity index (χ3n) is 2.75. The molecule has 0 N–H and O–H groups in total. The van der Waals surface area contributed by atoms with Crippen LogP contribution in [0.1, 0.15) is 27.7 Å². The standard InChI is InChI=1S/C12H14BCl2FO.Cs/c1-7(2)12(3,4)17-13-8-5-6-9(16)11(15)10(8)14;/h5-6H,1-4H3;/q-1;+1. The summed E-state index contributed by atoms with van der Waals surface area (Å²) in [5.41, 5.74) is 0.164. The second kappa shape index (κ2) is 8.30. The van der Waals surface area contributed by atoms with E-state index in [4.69, 9.17) is 27.9 Å². The number of hydrogen-bond donors (Lipinski definition) is 0. The van der Waals surface area contributed by atoms with Crippen LogP contribution in [-0.2, 0) is 4.65 Å². The summed E-state index contributed by atoms with van der Waals surface area (Å²) in [7, 11) is 1.50. The quantitative estimate of drug-likeness (QED) is 0.407. The smallest absolute Gasteiger partial charge is 0.460 e. The molecule has 0 unspecified atom stereocenters. The minimum Gasteiger partial charge on any atom is -0.460 e. The Morgan fingerprint density at radius 1 is 1.22 bits per heavy atom. The van der Waals surface area contributed by atoms with E-state index in [9.17, 15) is 4.39 Å². The Kier molecular flexibility index (Phi) is 9.13. The molecule has 1 rings (SSSR count). The second-order valence-electron chi connectivity index (χ2n) is 4.51. The molecule has 0 aromatic heterocycles. The zero-order valence-electron chi connectivity index (χ0n) is 11.3. The van der Waals surface area contributed by atoms with Gasteiger partial charge in [-0.15, -0.1) is 0 Å². The summed E-state index contributed by atoms with van der Waals surface area (Å²) in [6.07, 6.45) is 0. The van der Waals surface area contributed by atoms with Crippen LogP contribution in [-0.4, -0.2) is 13.1 Å². The Morgan fingerprint density at radius 3 is 2.28 bits per heavy atom. The summed E-state index contributed by atoms with van der Waals surface area (Å²) >= 11 is 11.6. The van der Waals surface area contributed by atoms with Crippen molar-refractivity contribution in [2.24, 2.45) is 0 Å². The summed E-state index contributed by atoms with van der Waals surface area (Å²) in [5, 5.41) is 0.0789. The maximum atomic E-state index is 13.1. The van der Waals surface area contributed by atoms with Crippen molar-refractivity contribution < 1.29 is 77.9 Å². The number of hydrogen-bond acceptors (Lipinski definition) is 1. The molecule has 0 amide bonds. The van der Waals surface area contributed by atoms with E-state index in [2.05, 4.69) is 0 Å². The first-order chi connectivity index (χ1) is 7.75. The van der Waals surface area contributed by atoms with Crippen molar-refractivity contribution in [3.8, 4) is 0 Å². The van der Waals surface area contributed by atoms with Crippen molar-refractivity contribution >= 4 is 36.1 Å². The van der Waals surface area contributed by atoms with Crippen LogP contribution in [0.4, 0.5) is 4.39 Å². The molecule has 1 nitrogen and oxygen atoms in total. The molecular formula is C12H14BCl2CsFO. The molecule has 18 heavy (non-hydrogen) atoms. The molecule has 1 aromatic carbocycles. The van der Waals surface area contributed by atoms with Crippen LogP contribution >= 0.6 is 23.2 Å². The minimum atomic E-state index is -0.536. The van der Waals surface area contributed by atoms with Gasteiger partial charge in [0.2, 0.25) is 0 Å². The molecule has 0 aliphatic carbocycles. The first-order valence-electron chi connectivity index (χ1n) is 5.21. The van der Waals surface area contributed by atoms with Gasteiger partial charge in [-0.25, -0.2) is 4.39 Å². The molecule has 0 aliphatic heterocycles. The van der Waals surface area contributed by atoms with Crippen LogP contribution in [0.3, 0.4) is 0 Å². The maximum absolute atomic E-state index is 13.1. The molecule has 6 heteroatoms. The van der Waals surface area contributed by atoms with Crippen LogP contribution < -0.4 is 74.4 Å². The summed E-state index contributed by atoms with van der Waals surface area (Å²) in [4.78, 5) is 0. The van der Waals surface area contributed by atoms with E-state index in [1.165, 1.54) is 19.6 Å². The SMILES string of the molecule is C[C-](C)C(C)(C)O[B]c1ccc(F)c(Cl)c1Cl.[Cs+]. The second-order valence-corrected chi connectivity index (χ2v) is 5.27. The van der Waals surface area contributed by atoms with Crippen molar-refractivity contribution in [1.82, 2.24) is 0 Å². The van der Waals surface area contributed by atoms with E-state index in [0.29, 0.717) is 5.46 Å². The molecular weight excluding hydrogens is 394 g/mol. The van der Waals surface area contributed by atoms with Gasteiger partial charge in [0.1, 0.15) is 5.82 Å². The topological polar surface area (TPSA) is 9.23 Å². The molecule has 0 aliphatic rings. The largest absolute Gasteiger partial charge is 1.00 e. The molecule has 0 heterocycles. The number of benzene rings is 1. The van der Waals surface area contributed by atoms with E-state index in [-0.39, 0.29) is 78.9 Å². The van der Waals surface area contributed by atoms with E-state index < -0.39 is 11.4 Å². The Balaban J connectivity index is 0.00000289. The zero-order valence-corrected chi connectivity index (χ0v) is 19.1. The summed E-state index contributed by atoms with van der Waals surface area (Å²) in [6, 6.07) is 2.80. The van der Waals surface area contributed by atoms with Crippen LogP contribution in [0.15, 0.2) is 12.1 Å². The van der Waals surface area contributed by atoms with E-state index >= 15 is 0 Å². The maximum Gasteiger partial charge on any atom is 1.00 e. The van der Waals surface area contributed by atoms with Gasteiger partial charge in [-0.2, -0.15) is 13.8 Å². The van der Waals surface area contributed by atoms with Crippen molar-refractivity contribution in [3.05, 3.63) is 33.9 Å². The third kappa shape index (κ3) is 5.30. The van der Waals surface area contributed by atoms with Crippen molar-refractivity contribution in [1.29, 1.82) is 0 Å². The number of rotatable bonds is 4.